The average molecular weight is 470 g/mol. The highest BCUT2D eigenvalue weighted by Crippen LogP contribution is 2.06. The van der Waals surface area contributed by atoms with Crippen molar-refractivity contribution in [3.05, 3.63) is 18.2 Å². The number of aromatic amines is 1. The van der Waals surface area contributed by atoms with Crippen molar-refractivity contribution in [2.75, 3.05) is 13.2 Å². The number of rotatable bonds is 15. The van der Waals surface area contributed by atoms with Crippen LogP contribution in [0.25, 0.3) is 0 Å². The lowest BCUT2D eigenvalue weighted by Gasteiger charge is -2.26. The predicted molar refractivity (Wildman–Crippen MR) is 119 cm³/mol. The van der Waals surface area contributed by atoms with E-state index in [2.05, 4.69) is 25.9 Å². The van der Waals surface area contributed by atoms with Gasteiger partial charge >= 0.3 is 5.97 Å². The Kier molecular flexibility index (Phi) is 12.0. The van der Waals surface area contributed by atoms with Gasteiger partial charge in [0.2, 0.25) is 17.7 Å². The van der Waals surface area contributed by atoms with E-state index in [0.29, 0.717) is 25.1 Å². The summed E-state index contributed by atoms with van der Waals surface area (Å²) >= 11 is 0. The van der Waals surface area contributed by atoms with Gasteiger partial charge in [-0.15, -0.1) is 0 Å². The Hall–Kier alpha value is -3.03. The zero-order valence-electron chi connectivity index (χ0n) is 18.9. The van der Waals surface area contributed by atoms with Gasteiger partial charge in [0.25, 0.3) is 0 Å². The molecule has 33 heavy (non-hydrogen) atoms. The molecule has 3 amide bonds. The Morgan fingerprint density at radius 2 is 1.73 bits per heavy atom. The van der Waals surface area contributed by atoms with Gasteiger partial charge in [-0.2, -0.15) is 0 Å². The van der Waals surface area contributed by atoms with Crippen molar-refractivity contribution in [3.63, 3.8) is 0 Å². The number of amides is 3. The molecule has 4 unspecified atom stereocenters. The molecule has 0 bridgehead atoms. The Bertz CT molecular complexity index is 771. The number of aliphatic hydroxyl groups is 1. The molecule has 0 spiro atoms. The van der Waals surface area contributed by atoms with Crippen molar-refractivity contribution >= 4 is 23.7 Å². The van der Waals surface area contributed by atoms with E-state index >= 15 is 0 Å². The number of nitrogens with two attached hydrogens (primary N) is 2. The zero-order chi connectivity index (χ0) is 25.0. The molecule has 1 aromatic rings. The number of unbranched alkanes of at least 4 members (excludes halogenated alkanes) is 1. The van der Waals surface area contributed by atoms with Crippen molar-refractivity contribution in [2.24, 2.45) is 17.4 Å². The molecule has 10 N–H and O–H groups in total. The summed E-state index contributed by atoms with van der Waals surface area (Å²) in [5.74, 6) is -3.75. The third-order valence-electron chi connectivity index (χ3n) is 4.96. The van der Waals surface area contributed by atoms with Gasteiger partial charge in [0.05, 0.1) is 19.0 Å². The van der Waals surface area contributed by atoms with Crippen molar-refractivity contribution in [1.29, 1.82) is 0 Å². The minimum atomic E-state index is -1.35. The second-order valence-electron chi connectivity index (χ2n) is 8.05. The van der Waals surface area contributed by atoms with Gasteiger partial charge < -0.3 is 42.6 Å². The number of aliphatic carboxylic acids is 1. The number of carboxylic acids is 1. The molecule has 0 radical (unpaired) electrons. The first-order valence-electron chi connectivity index (χ1n) is 10.8. The molecule has 1 heterocycles. The number of imidazole rings is 1. The van der Waals surface area contributed by atoms with Gasteiger partial charge in [0.15, 0.2) is 0 Å². The molecule has 13 heteroatoms. The molecule has 1 rings (SSSR count). The smallest absolute Gasteiger partial charge is 0.326 e. The molecule has 4 atom stereocenters. The van der Waals surface area contributed by atoms with Crippen molar-refractivity contribution < 1.29 is 29.4 Å². The Morgan fingerprint density at radius 3 is 2.24 bits per heavy atom. The number of aromatic nitrogens is 2. The molecule has 13 nitrogen and oxygen atoms in total. The number of carboxylic acid groups (broad SMARTS) is 1. The molecule has 0 aromatic carbocycles. The van der Waals surface area contributed by atoms with Crippen LogP contribution in [-0.4, -0.2) is 81.2 Å². The van der Waals surface area contributed by atoms with Crippen LogP contribution in [0, 0.1) is 5.92 Å². The van der Waals surface area contributed by atoms with Gasteiger partial charge in [-0.05, 0) is 31.7 Å². The molecule has 0 aliphatic rings. The van der Waals surface area contributed by atoms with E-state index in [4.69, 9.17) is 11.5 Å². The lowest BCUT2D eigenvalue weighted by atomic mass is 10.0. The predicted octanol–water partition coefficient (Wildman–Crippen LogP) is -2.40. The van der Waals surface area contributed by atoms with Gasteiger partial charge in [0, 0.05) is 18.3 Å². The van der Waals surface area contributed by atoms with E-state index in [9.17, 15) is 29.4 Å². The minimum Gasteiger partial charge on any atom is -0.480 e. The van der Waals surface area contributed by atoms with Crippen LogP contribution in [0.1, 0.15) is 38.8 Å². The lowest BCUT2D eigenvalue weighted by molar-refractivity contribution is -0.143. The van der Waals surface area contributed by atoms with Crippen molar-refractivity contribution in [3.8, 4) is 0 Å². The van der Waals surface area contributed by atoms with Crippen LogP contribution in [0.3, 0.4) is 0 Å². The number of nitrogens with zero attached hydrogens (tertiary/aromatic N) is 1. The SMILES string of the molecule is CC(C)C(NC(=O)C(CO)NC(=O)C(N)Cc1cnc[nH]1)C(=O)NC(CCCCN)C(=O)O. The number of hydrogen-bond donors (Lipinski definition) is 8. The number of H-pyrrole nitrogens is 1. The molecule has 0 aliphatic heterocycles. The molecule has 0 aliphatic carbocycles. The van der Waals surface area contributed by atoms with Gasteiger partial charge in [-0.1, -0.05) is 13.8 Å². The Balaban J connectivity index is 2.74. The third kappa shape index (κ3) is 9.55. The standard InChI is InChI=1S/C20H35N7O6/c1-11(2)16(19(31)25-14(20(32)33)5-3-4-6-21)27-18(30)15(9-28)26-17(29)13(22)7-12-8-23-10-24-12/h8,10-11,13-16,28H,3-7,9,21-22H2,1-2H3,(H,23,24)(H,25,31)(H,26,29)(H,27,30)(H,32,33). The highest BCUT2D eigenvalue weighted by molar-refractivity contribution is 5.94. The lowest BCUT2D eigenvalue weighted by Crippen LogP contribution is -2.59. The normalized spacial score (nSPS) is 14.7. The summed E-state index contributed by atoms with van der Waals surface area (Å²) in [6, 6.07) is -4.56. The fraction of sp³-hybridized carbons (Fsp3) is 0.650. The summed E-state index contributed by atoms with van der Waals surface area (Å²) in [4.78, 5) is 55.8. The van der Waals surface area contributed by atoms with E-state index < -0.39 is 60.4 Å². The molecule has 0 fully saturated rings. The van der Waals surface area contributed by atoms with Crippen LogP contribution in [0.5, 0.6) is 0 Å². The fourth-order valence-electron chi connectivity index (χ4n) is 3.00. The Morgan fingerprint density at radius 1 is 1.06 bits per heavy atom. The van der Waals surface area contributed by atoms with Gasteiger partial charge in [-0.25, -0.2) is 9.78 Å². The van der Waals surface area contributed by atoms with Crippen molar-refractivity contribution in [2.45, 2.75) is 63.7 Å². The highest BCUT2D eigenvalue weighted by atomic mass is 16.4. The summed E-state index contributed by atoms with van der Waals surface area (Å²) in [5, 5.41) is 26.2. The average Bonchev–Trinajstić information content (AvgIpc) is 3.27. The second kappa shape index (κ2) is 14.2. The summed E-state index contributed by atoms with van der Waals surface area (Å²) in [7, 11) is 0. The summed E-state index contributed by atoms with van der Waals surface area (Å²) < 4.78 is 0. The summed E-state index contributed by atoms with van der Waals surface area (Å²) in [6.07, 6.45) is 4.42. The number of nitrogens with one attached hydrogen (secondary N) is 4. The minimum absolute atomic E-state index is 0.142. The largest absolute Gasteiger partial charge is 0.480 e. The fourth-order valence-corrected chi connectivity index (χ4v) is 3.00. The summed E-state index contributed by atoms with van der Waals surface area (Å²) in [5.41, 5.74) is 11.9. The Labute approximate surface area is 192 Å². The number of carbonyl (C=O) groups is 4. The maximum absolute atomic E-state index is 12.7. The molecular formula is C20H35N7O6. The van der Waals surface area contributed by atoms with E-state index in [1.807, 2.05) is 0 Å². The second-order valence-corrected chi connectivity index (χ2v) is 8.05. The molecule has 1 aromatic heterocycles. The first kappa shape index (κ1) is 28.0. The molecule has 0 saturated heterocycles. The molecular weight excluding hydrogens is 434 g/mol. The summed E-state index contributed by atoms with van der Waals surface area (Å²) in [6.45, 7) is 3.02. The highest BCUT2D eigenvalue weighted by Gasteiger charge is 2.31. The topological polar surface area (TPSA) is 226 Å². The van der Waals surface area contributed by atoms with Crippen LogP contribution in [-0.2, 0) is 25.6 Å². The van der Waals surface area contributed by atoms with Crippen LogP contribution in [0.2, 0.25) is 0 Å². The third-order valence-corrected chi connectivity index (χ3v) is 4.96. The van der Waals surface area contributed by atoms with E-state index in [1.54, 1.807) is 13.8 Å². The van der Waals surface area contributed by atoms with E-state index in [0.717, 1.165) is 0 Å². The number of carbonyl (C=O) groups excluding carboxylic acids is 3. The molecule has 0 saturated carbocycles. The monoisotopic (exact) mass is 469 g/mol. The van der Waals surface area contributed by atoms with Crippen LogP contribution in [0.4, 0.5) is 0 Å². The first-order chi connectivity index (χ1) is 15.6. The van der Waals surface area contributed by atoms with Crippen LogP contribution < -0.4 is 27.4 Å². The molecule has 186 valence electrons. The van der Waals surface area contributed by atoms with Gasteiger partial charge in [0.1, 0.15) is 18.1 Å². The van der Waals surface area contributed by atoms with Gasteiger partial charge in [-0.3, -0.25) is 14.4 Å². The number of aliphatic hydroxyl groups excluding tert-OH is 1. The van der Waals surface area contributed by atoms with E-state index in [1.165, 1.54) is 12.5 Å². The quantitative estimate of drug-likeness (QED) is 0.128. The zero-order valence-corrected chi connectivity index (χ0v) is 18.9. The maximum atomic E-state index is 12.7. The van der Waals surface area contributed by atoms with Crippen LogP contribution in [0.15, 0.2) is 12.5 Å². The maximum Gasteiger partial charge on any atom is 0.326 e. The number of hydrogen-bond acceptors (Lipinski definition) is 8. The van der Waals surface area contributed by atoms with Crippen molar-refractivity contribution in [1.82, 2.24) is 25.9 Å². The first-order valence-corrected chi connectivity index (χ1v) is 10.8. The van der Waals surface area contributed by atoms with Crippen LogP contribution >= 0.6 is 0 Å². The van der Waals surface area contributed by atoms with E-state index in [-0.39, 0.29) is 12.8 Å².